The number of imidazole rings is 1. The number of benzene rings is 3. The van der Waals surface area contributed by atoms with Crippen molar-refractivity contribution in [2.75, 3.05) is 22.6 Å². The number of H-pyrrole nitrogens is 1. The summed E-state index contributed by atoms with van der Waals surface area (Å²) in [6.07, 6.45) is -4.73. The number of fused-ring (bicyclic) bond motifs is 1. The van der Waals surface area contributed by atoms with Crippen LogP contribution in [0.15, 0.2) is 54.6 Å². The van der Waals surface area contributed by atoms with E-state index in [4.69, 9.17) is 11.6 Å². The van der Waals surface area contributed by atoms with Gasteiger partial charge in [-0.25, -0.2) is 4.98 Å². The Morgan fingerprint density at radius 3 is 2.40 bits per heavy atom. The van der Waals surface area contributed by atoms with Crippen molar-refractivity contribution in [3.63, 3.8) is 0 Å². The zero-order valence-corrected chi connectivity index (χ0v) is 22.5. The van der Waals surface area contributed by atoms with Crippen molar-refractivity contribution < 1.29 is 27.9 Å². The van der Waals surface area contributed by atoms with Crippen LogP contribution in [-0.4, -0.2) is 39.5 Å². The van der Waals surface area contributed by atoms with E-state index in [-0.39, 0.29) is 41.3 Å². The number of hydrogen-bond donors (Lipinski definition) is 5. The molecule has 1 heterocycles. The summed E-state index contributed by atoms with van der Waals surface area (Å²) in [6, 6.07) is 11.9. The van der Waals surface area contributed by atoms with Gasteiger partial charge in [-0.2, -0.15) is 13.2 Å². The first-order valence-corrected chi connectivity index (χ1v) is 12.7. The van der Waals surface area contributed by atoms with Crippen molar-refractivity contribution in [1.29, 1.82) is 0 Å². The molecule has 0 bridgehead atoms. The summed E-state index contributed by atoms with van der Waals surface area (Å²) in [5, 5.41) is 18.5. The van der Waals surface area contributed by atoms with Gasteiger partial charge >= 0.3 is 6.18 Å². The van der Waals surface area contributed by atoms with Gasteiger partial charge in [0.05, 0.1) is 34.9 Å². The fourth-order valence-electron chi connectivity index (χ4n) is 4.09. The lowest BCUT2D eigenvalue weighted by atomic mass is 10.1. The molecule has 0 fully saturated rings. The Morgan fingerprint density at radius 1 is 1.02 bits per heavy atom. The van der Waals surface area contributed by atoms with Gasteiger partial charge < -0.3 is 26.0 Å². The third-order valence-electron chi connectivity index (χ3n) is 6.41. The number of carbonyl (C=O) groups is 2. The van der Waals surface area contributed by atoms with Crippen LogP contribution >= 0.6 is 11.6 Å². The molecule has 5 N–H and O–H groups in total. The molecule has 0 saturated carbocycles. The van der Waals surface area contributed by atoms with Crippen LogP contribution in [-0.2, 0) is 6.18 Å². The van der Waals surface area contributed by atoms with Crippen LogP contribution in [0.5, 0.6) is 0 Å². The van der Waals surface area contributed by atoms with Crippen LogP contribution < -0.4 is 16.0 Å². The SMILES string of the molecule is Cc1c(Cl)cccc1NC(=O)c1cc(NC(=O)c2ccccc2C(F)(F)F)cc2[nH]c(N[C@@H](CO)C(C)C)nc12. The van der Waals surface area contributed by atoms with E-state index in [0.29, 0.717) is 21.8 Å². The van der Waals surface area contributed by atoms with E-state index < -0.39 is 29.1 Å². The molecule has 0 aliphatic heterocycles. The largest absolute Gasteiger partial charge is 0.417 e. The fourth-order valence-corrected chi connectivity index (χ4v) is 4.26. The molecule has 4 rings (SSSR count). The number of alkyl halides is 3. The first-order chi connectivity index (χ1) is 18.9. The minimum atomic E-state index is -4.73. The molecule has 210 valence electrons. The third kappa shape index (κ3) is 6.21. The van der Waals surface area contributed by atoms with Crippen molar-refractivity contribution in [2.24, 2.45) is 5.92 Å². The maximum absolute atomic E-state index is 13.5. The Hall–Kier alpha value is -4.09. The van der Waals surface area contributed by atoms with Gasteiger partial charge in [0, 0.05) is 16.4 Å². The van der Waals surface area contributed by atoms with E-state index in [1.54, 1.807) is 25.1 Å². The molecule has 0 saturated heterocycles. The van der Waals surface area contributed by atoms with E-state index in [1.807, 2.05) is 13.8 Å². The number of rotatable bonds is 8. The lowest BCUT2D eigenvalue weighted by molar-refractivity contribution is -0.137. The second kappa shape index (κ2) is 11.6. The molecule has 4 aromatic rings. The van der Waals surface area contributed by atoms with Crippen LogP contribution in [0.4, 0.5) is 30.5 Å². The number of nitrogens with one attached hydrogen (secondary N) is 4. The summed E-state index contributed by atoms with van der Waals surface area (Å²) in [7, 11) is 0. The lowest BCUT2D eigenvalue weighted by Gasteiger charge is -2.18. The minimum Gasteiger partial charge on any atom is -0.394 e. The van der Waals surface area contributed by atoms with Gasteiger partial charge in [0.15, 0.2) is 0 Å². The van der Waals surface area contributed by atoms with Crippen molar-refractivity contribution in [1.82, 2.24) is 9.97 Å². The van der Waals surface area contributed by atoms with Gasteiger partial charge in [0.25, 0.3) is 11.8 Å². The van der Waals surface area contributed by atoms with Gasteiger partial charge in [-0.1, -0.05) is 43.6 Å². The van der Waals surface area contributed by atoms with E-state index in [0.717, 1.165) is 12.1 Å². The van der Waals surface area contributed by atoms with Crippen LogP contribution in [0, 0.1) is 12.8 Å². The molecular formula is C28H27ClF3N5O3. The summed E-state index contributed by atoms with van der Waals surface area (Å²) in [4.78, 5) is 33.9. The highest BCUT2D eigenvalue weighted by atomic mass is 35.5. The maximum atomic E-state index is 13.5. The van der Waals surface area contributed by atoms with Crippen molar-refractivity contribution in [2.45, 2.75) is 33.0 Å². The number of aliphatic hydroxyl groups is 1. The van der Waals surface area contributed by atoms with E-state index >= 15 is 0 Å². The van der Waals surface area contributed by atoms with Crippen LogP contribution in [0.25, 0.3) is 11.0 Å². The number of nitrogens with zero attached hydrogens (tertiary/aromatic N) is 1. The van der Waals surface area contributed by atoms with Crippen LogP contribution in [0.1, 0.15) is 45.7 Å². The van der Waals surface area contributed by atoms with Crippen molar-refractivity contribution in [3.05, 3.63) is 81.9 Å². The van der Waals surface area contributed by atoms with Gasteiger partial charge in [-0.3, -0.25) is 9.59 Å². The summed E-state index contributed by atoms with van der Waals surface area (Å²) in [6.45, 7) is 5.39. The molecule has 0 aliphatic carbocycles. The molecular weight excluding hydrogens is 547 g/mol. The van der Waals surface area contributed by atoms with Gasteiger partial charge in [-0.15, -0.1) is 0 Å². The van der Waals surface area contributed by atoms with Gasteiger partial charge in [0.2, 0.25) is 5.95 Å². The molecule has 40 heavy (non-hydrogen) atoms. The zero-order chi connectivity index (χ0) is 29.2. The zero-order valence-electron chi connectivity index (χ0n) is 21.8. The molecule has 1 aromatic heterocycles. The smallest absolute Gasteiger partial charge is 0.394 e. The number of halogens is 4. The molecule has 0 spiro atoms. The Bertz CT molecular complexity index is 1570. The molecule has 0 aliphatic rings. The van der Waals surface area contributed by atoms with Gasteiger partial charge in [-0.05, 0) is 54.8 Å². The normalized spacial score (nSPS) is 12.4. The second-order valence-electron chi connectivity index (χ2n) is 9.55. The summed E-state index contributed by atoms with van der Waals surface area (Å²) in [5.74, 6) is -1.26. The number of hydrogen-bond acceptors (Lipinski definition) is 5. The quantitative estimate of drug-likeness (QED) is 0.165. The average Bonchev–Trinajstić information content (AvgIpc) is 3.31. The standard InChI is InChI=1S/C28H27ClF3N5O3/c1-14(2)23(13-38)36-27-35-22-12-16(33-25(39)17-7-4-5-8-19(17)28(30,31)32)11-18(24(22)37-27)26(40)34-21-10-6-9-20(29)15(21)3/h4-12,14,23,38H,13H2,1-3H3,(H,33,39)(H,34,40)(H2,35,36,37)/t23-/m0/s1. The molecule has 2 amide bonds. The molecule has 8 nitrogen and oxygen atoms in total. The average molecular weight is 574 g/mol. The monoisotopic (exact) mass is 573 g/mol. The molecule has 0 unspecified atom stereocenters. The van der Waals surface area contributed by atoms with Crippen molar-refractivity contribution in [3.8, 4) is 0 Å². The number of aromatic amines is 1. The molecule has 3 aromatic carbocycles. The number of amides is 2. The summed E-state index contributed by atoms with van der Waals surface area (Å²) in [5.41, 5.74) is 0.130. The minimum absolute atomic E-state index is 0.0469. The third-order valence-corrected chi connectivity index (χ3v) is 6.82. The second-order valence-corrected chi connectivity index (χ2v) is 9.95. The molecule has 0 radical (unpaired) electrons. The number of aliphatic hydroxyl groups excluding tert-OH is 1. The Kier molecular flexibility index (Phi) is 8.36. The van der Waals surface area contributed by atoms with Crippen molar-refractivity contribution >= 4 is 51.8 Å². The fraction of sp³-hybridized carbons (Fsp3) is 0.250. The topological polar surface area (TPSA) is 119 Å². The molecule has 1 atom stereocenters. The highest BCUT2D eigenvalue weighted by molar-refractivity contribution is 6.31. The van der Waals surface area contributed by atoms with E-state index in [2.05, 4.69) is 25.9 Å². The number of carbonyl (C=O) groups excluding carboxylic acids is 2. The number of anilines is 3. The Morgan fingerprint density at radius 2 is 1.73 bits per heavy atom. The predicted octanol–water partition coefficient (Wildman–Crippen LogP) is 6.48. The summed E-state index contributed by atoms with van der Waals surface area (Å²) >= 11 is 6.19. The Balaban J connectivity index is 1.76. The van der Waals surface area contributed by atoms with Crippen LogP contribution in [0.3, 0.4) is 0 Å². The summed E-state index contributed by atoms with van der Waals surface area (Å²) < 4.78 is 40.5. The van der Waals surface area contributed by atoms with E-state index in [1.165, 1.54) is 24.3 Å². The number of aromatic nitrogens is 2. The predicted molar refractivity (Wildman–Crippen MR) is 149 cm³/mol. The highest BCUT2D eigenvalue weighted by Gasteiger charge is 2.35. The molecule has 12 heteroatoms. The first kappa shape index (κ1) is 28.9. The Labute approximate surface area is 233 Å². The van der Waals surface area contributed by atoms with Gasteiger partial charge in [0.1, 0.15) is 5.52 Å². The maximum Gasteiger partial charge on any atom is 0.417 e. The highest BCUT2D eigenvalue weighted by Crippen LogP contribution is 2.33. The lowest BCUT2D eigenvalue weighted by Crippen LogP contribution is -2.29. The first-order valence-electron chi connectivity index (χ1n) is 12.3. The van der Waals surface area contributed by atoms with Crippen LogP contribution in [0.2, 0.25) is 5.02 Å². The van der Waals surface area contributed by atoms with E-state index in [9.17, 15) is 27.9 Å².